The van der Waals surface area contributed by atoms with Crippen LogP contribution in [-0.4, -0.2) is 28.2 Å². The number of hydrogen-bond acceptors (Lipinski definition) is 5. The first-order valence-electron chi connectivity index (χ1n) is 4.63. The van der Waals surface area contributed by atoms with E-state index in [0.717, 1.165) is 11.8 Å². The van der Waals surface area contributed by atoms with Crippen LogP contribution in [0.5, 0.6) is 0 Å². The fourth-order valence-electron chi connectivity index (χ4n) is 1.19. The molecular formula is C9H14N2O4S2. The number of rotatable bonds is 4. The fraction of sp³-hybridized carbons (Fsp3) is 0.333. The molecule has 0 radical (unpaired) electrons. The van der Waals surface area contributed by atoms with E-state index >= 15 is 0 Å². The lowest BCUT2D eigenvalue weighted by atomic mass is 10.2. The Labute approximate surface area is 101 Å². The average Bonchev–Trinajstić information content (AvgIpc) is 2.06. The van der Waals surface area contributed by atoms with Gasteiger partial charge in [0.15, 0.2) is 14.9 Å². The molecule has 96 valence electrons. The lowest BCUT2D eigenvalue weighted by Crippen LogP contribution is -2.22. The van der Waals surface area contributed by atoms with Crippen LogP contribution in [0.1, 0.15) is 5.56 Å². The van der Waals surface area contributed by atoms with Crippen molar-refractivity contribution in [3.63, 3.8) is 0 Å². The van der Waals surface area contributed by atoms with E-state index in [0.29, 0.717) is 5.69 Å². The predicted molar refractivity (Wildman–Crippen MR) is 67.8 cm³/mol. The SMILES string of the molecule is Cc1ccc(NS(=O)(=O)CS(C)(=O)=O)cc1N. The molecule has 0 aliphatic rings. The minimum absolute atomic E-state index is 0.247. The molecule has 1 aromatic rings. The van der Waals surface area contributed by atoms with Crippen LogP contribution in [0.3, 0.4) is 0 Å². The van der Waals surface area contributed by atoms with E-state index in [-0.39, 0.29) is 5.69 Å². The Morgan fingerprint density at radius 2 is 1.82 bits per heavy atom. The number of sulfonamides is 1. The maximum Gasteiger partial charge on any atom is 0.247 e. The molecule has 0 heterocycles. The van der Waals surface area contributed by atoms with Gasteiger partial charge in [-0.05, 0) is 24.6 Å². The van der Waals surface area contributed by atoms with Crippen LogP contribution in [0.15, 0.2) is 18.2 Å². The highest BCUT2D eigenvalue weighted by atomic mass is 32.3. The second-order valence-corrected chi connectivity index (χ2v) is 8.06. The Morgan fingerprint density at radius 1 is 1.24 bits per heavy atom. The molecule has 1 aromatic carbocycles. The number of anilines is 2. The summed E-state index contributed by atoms with van der Waals surface area (Å²) in [7, 11) is -7.52. The van der Waals surface area contributed by atoms with Crippen molar-refractivity contribution in [3.05, 3.63) is 23.8 Å². The van der Waals surface area contributed by atoms with Crippen LogP contribution >= 0.6 is 0 Å². The molecule has 0 aromatic heterocycles. The van der Waals surface area contributed by atoms with Crippen molar-refractivity contribution in [1.29, 1.82) is 0 Å². The summed E-state index contributed by atoms with van der Waals surface area (Å²) in [5.41, 5.74) is 7.11. The number of aryl methyl sites for hydroxylation is 1. The highest BCUT2D eigenvalue weighted by Crippen LogP contribution is 2.18. The van der Waals surface area contributed by atoms with Gasteiger partial charge in [0.2, 0.25) is 10.0 Å². The van der Waals surface area contributed by atoms with Gasteiger partial charge in [0.25, 0.3) is 0 Å². The van der Waals surface area contributed by atoms with Crippen LogP contribution in [0, 0.1) is 6.92 Å². The van der Waals surface area contributed by atoms with Gasteiger partial charge in [0, 0.05) is 11.9 Å². The zero-order valence-electron chi connectivity index (χ0n) is 9.47. The molecule has 17 heavy (non-hydrogen) atoms. The zero-order chi connectivity index (χ0) is 13.3. The smallest absolute Gasteiger partial charge is 0.247 e. The Bertz CT molecular complexity index is 620. The maximum atomic E-state index is 11.5. The Hall–Kier alpha value is -1.28. The molecule has 0 unspecified atom stereocenters. The van der Waals surface area contributed by atoms with Crippen molar-refractivity contribution < 1.29 is 16.8 Å². The summed E-state index contributed by atoms with van der Waals surface area (Å²) in [5, 5.41) is -0.951. The van der Waals surface area contributed by atoms with Crippen LogP contribution in [0.4, 0.5) is 11.4 Å². The van der Waals surface area contributed by atoms with Gasteiger partial charge in [-0.15, -0.1) is 0 Å². The van der Waals surface area contributed by atoms with E-state index in [1.165, 1.54) is 12.1 Å². The molecule has 0 amide bonds. The summed E-state index contributed by atoms with van der Waals surface area (Å²) in [6.45, 7) is 1.78. The van der Waals surface area contributed by atoms with Gasteiger partial charge in [-0.25, -0.2) is 16.8 Å². The van der Waals surface area contributed by atoms with E-state index in [1.54, 1.807) is 13.0 Å². The number of nitrogens with two attached hydrogens (primary N) is 1. The van der Waals surface area contributed by atoms with Crippen molar-refractivity contribution in [3.8, 4) is 0 Å². The standard InChI is InChI=1S/C9H14N2O4S2/c1-7-3-4-8(5-9(7)10)11-17(14,15)6-16(2,12)13/h3-5,11H,6,10H2,1-2H3. The topological polar surface area (TPSA) is 106 Å². The highest BCUT2D eigenvalue weighted by Gasteiger charge is 2.18. The Kier molecular flexibility index (Phi) is 3.68. The number of benzene rings is 1. The van der Waals surface area contributed by atoms with Crippen molar-refractivity contribution in [2.75, 3.05) is 21.8 Å². The number of sulfone groups is 1. The summed E-state index contributed by atoms with van der Waals surface area (Å²) >= 11 is 0. The van der Waals surface area contributed by atoms with Gasteiger partial charge in [0.05, 0.1) is 5.69 Å². The lowest BCUT2D eigenvalue weighted by molar-refractivity contribution is 0.595. The van der Waals surface area contributed by atoms with Gasteiger partial charge < -0.3 is 5.73 Å². The van der Waals surface area contributed by atoms with Gasteiger partial charge in [-0.3, -0.25) is 4.72 Å². The molecule has 3 N–H and O–H groups in total. The van der Waals surface area contributed by atoms with Crippen LogP contribution in [-0.2, 0) is 19.9 Å². The molecule has 0 spiro atoms. The van der Waals surface area contributed by atoms with Crippen LogP contribution in [0.2, 0.25) is 0 Å². The summed E-state index contributed by atoms with van der Waals surface area (Å²) < 4.78 is 46.9. The van der Waals surface area contributed by atoms with E-state index in [1.807, 2.05) is 0 Å². The third-order valence-electron chi connectivity index (χ3n) is 1.92. The molecule has 0 saturated carbocycles. The molecule has 0 aliphatic carbocycles. The third-order valence-corrected chi connectivity index (χ3v) is 5.42. The van der Waals surface area contributed by atoms with Crippen molar-refractivity contribution >= 4 is 31.2 Å². The van der Waals surface area contributed by atoms with Crippen LogP contribution < -0.4 is 10.5 Å². The number of hydrogen-bond donors (Lipinski definition) is 2. The molecule has 0 aliphatic heterocycles. The van der Waals surface area contributed by atoms with Gasteiger partial charge in [-0.1, -0.05) is 6.07 Å². The highest BCUT2D eigenvalue weighted by molar-refractivity contribution is 8.08. The van der Waals surface area contributed by atoms with E-state index < -0.39 is 24.9 Å². The lowest BCUT2D eigenvalue weighted by Gasteiger charge is -2.08. The number of nitrogens with one attached hydrogen (secondary N) is 1. The van der Waals surface area contributed by atoms with Crippen molar-refractivity contribution in [1.82, 2.24) is 0 Å². The molecule has 0 saturated heterocycles. The summed E-state index contributed by atoms with van der Waals surface area (Å²) in [5.74, 6) is 0. The quantitative estimate of drug-likeness (QED) is 0.771. The minimum Gasteiger partial charge on any atom is -0.398 e. The first-order chi connectivity index (χ1) is 7.59. The molecular weight excluding hydrogens is 264 g/mol. The van der Waals surface area contributed by atoms with Gasteiger partial charge in [0.1, 0.15) is 0 Å². The largest absolute Gasteiger partial charge is 0.398 e. The minimum atomic E-state index is -3.92. The van der Waals surface area contributed by atoms with Gasteiger partial charge >= 0.3 is 0 Å². The first-order valence-corrected chi connectivity index (χ1v) is 8.35. The Morgan fingerprint density at radius 3 is 2.29 bits per heavy atom. The van der Waals surface area contributed by atoms with Gasteiger partial charge in [-0.2, -0.15) is 0 Å². The van der Waals surface area contributed by atoms with E-state index in [9.17, 15) is 16.8 Å². The third kappa shape index (κ3) is 4.61. The second kappa shape index (κ2) is 4.53. The summed E-state index contributed by atoms with van der Waals surface area (Å²) in [4.78, 5) is 0. The molecule has 8 heteroatoms. The molecule has 6 nitrogen and oxygen atoms in total. The summed E-state index contributed by atoms with van der Waals surface area (Å²) in [6, 6.07) is 4.61. The average molecular weight is 278 g/mol. The first kappa shape index (κ1) is 13.8. The second-order valence-electron chi connectivity index (χ2n) is 3.83. The van der Waals surface area contributed by atoms with E-state index in [4.69, 9.17) is 5.73 Å². The monoisotopic (exact) mass is 278 g/mol. The zero-order valence-corrected chi connectivity index (χ0v) is 11.1. The molecule has 0 fully saturated rings. The van der Waals surface area contributed by atoms with Crippen LogP contribution in [0.25, 0.3) is 0 Å². The molecule has 1 rings (SSSR count). The van der Waals surface area contributed by atoms with E-state index in [2.05, 4.69) is 4.72 Å². The number of nitrogen functional groups attached to an aromatic ring is 1. The predicted octanol–water partition coefficient (Wildman–Crippen LogP) is 0.321. The maximum absolute atomic E-state index is 11.5. The van der Waals surface area contributed by atoms with Crippen molar-refractivity contribution in [2.45, 2.75) is 6.92 Å². The molecule has 0 bridgehead atoms. The molecule has 0 atom stereocenters. The fourth-order valence-corrected chi connectivity index (χ4v) is 4.17. The summed E-state index contributed by atoms with van der Waals surface area (Å²) in [6.07, 6.45) is 0.857. The Balaban J connectivity index is 2.95. The normalized spacial score (nSPS) is 12.4. The van der Waals surface area contributed by atoms with Crippen molar-refractivity contribution in [2.24, 2.45) is 0 Å².